The zero-order valence-corrected chi connectivity index (χ0v) is 10.9. The lowest BCUT2D eigenvalue weighted by atomic mass is 10.5. The van der Waals surface area contributed by atoms with Crippen LogP contribution >= 0.6 is 0 Å². The average Bonchev–Trinajstić information content (AvgIpc) is 2.03. The van der Waals surface area contributed by atoms with Crippen LogP contribution in [-0.4, -0.2) is 46.0 Å². The second-order valence-corrected chi connectivity index (χ2v) is 7.58. The maximum Gasteiger partial charge on any atom is 0.414 e. The van der Waals surface area contributed by atoms with Crippen LogP contribution in [0.3, 0.4) is 0 Å². The first-order chi connectivity index (χ1) is 5.84. The molecule has 0 aliphatic heterocycles. The summed E-state index contributed by atoms with van der Waals surface area (Å²) in [7, 11) is 6.37. The van der Waals surface area contributed by atoms with E-state index in [1.807, 2.05) is 19.9 Å². The Hall–Kier alpha value is -0.323. The van der Waals surface area contributed by atoms with Crippen LogP contribution in [0.25, 0.3) is 0 Å². The molecule has 0 unspecified atom stereocenters. The molecular weight excluding hydrogens is 180 g/mol. The third-order valence-corrected chi connectivity index (χ3v) is 6.45. The van der Waals surface area contributed by atoms with Crippen LogP contribution in [0.4, 0.5) is 0 Å². The van der Waals surface area contributed by atoms with Gasteiger partial charge in [0.1, 0.15) is 0 Å². The van der Waals surface area contributed by atoms with Gasteiger partial charge in [-0.3, -0.25) is 9.13 Å². The molecule has 0 aromatic carbocycles. The molecule has 0 bridgehead atoms. The van der Waals surface area contributed by atoms with Crippen LogP contribution in [0, 0.1) is 0 Å². The van der Waals surface area contributed by atoms with Crippen LogP contribution in [0.15, 0.2) is 11.8 Å². The van der Waals surface area contributed by atoms with Crippen molar-refractivity contribution in [1.82, 2.24) is 9.13 Å². The highest BCUT2D eigenvalue weighted by atomic mass is 28.4. The van der Waals surface area contributed by atoms with E-state index in [9.17, 15) is 0 Å². The van der Waals surface area contributed by atoms with Gasteiger partial charge in [0.2, 0.25) is 0 Å². The number of nitrogens with zero attached hydrogens (tertiary/aromatic N) is 2. The maximum atomic E-state index is 5.96. The van der Waals surface area contributed by atoms with Crippen LogP contribution in [0.5, 0.6) is 0 Å². The summed E-state index contributed by atoms with van der Waals surface area (Å²) >= 11 is 0. The van der Waals surface area contributed by atoms with Crippen molar-refractivity contribution in [3.63, 3.8) is 0 Å². The van der Waals surface area contributed by atoms with E-state index in [-0.39, 0.29) is 0 Å². The number of allylic oxidation sites excluding steroid dienone is 2. The second kappa shape index (κ2) is 4.79. The molecule has 0 aromatic heterocycles. The molecule has 0 aliphatic carbocycles. The molecule has 0 atom stereocenters. The van der Waals surface area contributed by atoms with E-state index in [1.165, 1.54) is 0 Å². The van der Waals surface area contributed by atoms with E-state index >= 15 is 0 Å². The van der Waals surface area contributed by atoms with Crippen LogP contribution < -0.4 is 0 Å². The predicted octanol–water partition coefficient (Wildman–Crippen LogP) is 1.62. The summed E-state index contributed by atoms with van der Waals surface area (Å²) in [4.78, 5) is 0. The smallest absolute Gasteiger partial charge is 0.414 e. The molecule has 0 amide bonds. The van der Waals surface area contributed by atoms with E-state index in [0.29, 0.717) is 0 Å². The average molecular weight is 202 g/mol. The second-order valence-electron chi connectivity index (χ2n) is 3.72. The van der Waals surface area contributed by atoms with E-state index in [4.69, 9.17) is 4.43 Å². The fourth-order valence-corrected chi connectivity index (χ4v) is 2.84. The lowest BCUT2D eigenvalue weighted by Crippen LogP contribution is -2.60. The molecule has 3 nitrogen and oxygen atoms in total. The Morgan fingerprint density at radius 1 is 1.15 bits per heavy atom. The highest BCUT2D eigenvalue weighted by molar-refractivity contribution is 6.66. The minimum absolute atomic E-state index is 0.997. The van der Waals surface area contributed by atoms with Gasteiger partial charge in [-0.15, -0.1) is 0 Å². The van der Waals surface area contributed by atoms with Crippen molar-refractivity contribution >= 4 is 8.64 Å². The van der Waals surface area contributed by atoms with E-state index < -0.39 is 8.64 Å². The Morgan fingerprint density at radius 3 is 1.77 bits per heavy atom. The summed E-state index contributed by atoms with van der Waals surface area (Å²) in [6.45, 7) is 6.17. The zero-order chi connectivity index (χ0) is 10.6. The van der Waals surface area contributed by atoms with Gasteiger partial charge < -0.3 is 4.43 Å². The highest BCUT2D eigenvalue weighted by Gasteiger charge is 2.38. The van der Waals surface area contributed by atoms with Crippen molar-refractivity contribution in [2.75, 3.05) is 28.2 Å². The molecule has 13 heavy (non-hydrogen) atoms. The largest absolute Gasteiger partial charge is 0.522 e. The SMILES string of the molecule is C/C=C(/C)O[Si](C)(N(C)C)N(C)C. The normalized spacial score (nSPS) is 14.1. The fraction of sp³-hybridized carbons (Fsp3) is 0.778. The molecule has 0 aromatic rings. The third kappa shape index (κ3) is 3.13. The molecule has 0 rings (SSSR count). The van der Waals surface area contributed by atoms with Crippen LogP contribution in [-0.2, 0) is 4.43 Å². The monoisotopic (exact) mass is 202 g/mol. The number of hydrogen-bond donors (Lipinski definition) is 0. The van der Waals surface area contributed by atoms with Gasteiger partial charge in [-0.05, 0) is 48.6 Å². The first-order valence-electron chi connectivity index (χ1n) is 4.51. The number of hydrogen-bond acceptors (Lipinski definition) is 3. The van der Waals surface area contributed by atoms with Gasteiger partial charge in [0, 0.05) is 0 Å². The Balaban J connectivity index is 4.61. The highest BCUT2D eigenvalue weighted by Crippen LogP contribution is 2.14. The summed E-state index contributed by atoms with van der Waals surface area (Å²) < 4.78 is 10.3. The molecule has 78 valence electrons. The Kier molecular flexibility index (Phi) is 4.67. The maximum absolute atomic E-state index is 5.96. The first-order valence-corrected chi connectivity index (χ1v) is 6.81. The minimum Gasteiger partial charge on any atom is -0.522 e. The van der Waals surface area contributed by atoms with Gasteiger partial charge in [-0.1, -0.05) is 6.08 Å². The predicted molar refractivity (Wildman–Crippen MR) is 59.5 cm³/mol. The number of rotatable bonds is 4. The van der Waals surface area contributed by atoms with Crippen molar-refractivity contribution in [3.05, 3.63) is 11.8 Å². The van der Waals surface area contributed by atoms with E-state index in [2.05, 4.69) is 43.9 Å². The molecule has 0 aliphatic rings. The van der Waals surface area contributed by atoms with E-state index in [0.717, 1.165) is 5.76 Å². The Bertz CT molecular complexity index is 182. The zero-order valence-electron chi connectivity index (χ0n) is 9.88. The third-order valence-electron chi connectivity index (χ3n) is 2.42. The molecule has 4 heteroatoms. The molecule has 0 saturated heterocycles. The fourth-order valence-electron chi connectivity index (χ4n) is 0.946. The quantitative estimate of drug-likeness (QED) is 0.509. The summed E-state index contributed by atoms with van der Waals surface area (Å²) in [5.41, 5.74) is 0. The van der Waals surface area contributed by atoms with Gasteiger partial charge in [-0.2, -0.15) is 0 Å². The lowest BCUT2D eigenvalue weighted by molar-refractivity contribution is 0.282. The van der Waals surface area contributed by atoms with Crippen LogP contribution in [0.2, 0.25) is 6.55 Å². The summed E-state index contributed by atoms with van der Waals surface area (Å²) in [6.07, 6.45) is 2.00. The molecule has 0 saturated carbocycles. The van der Waals surface area contributed by atoms with Crippen molar-refractivity contribution in [2.45, 2.75) is 20.4 Å². The summed E-state index contributed by atoms with van der Waals surface area (Å²) in [5.74, 6) is 0.997. The van der Waals surface area contributed by atoms with E-state index in [1.54, 1.807) is 0 Å². The van der Waals surface area contributed by atoms with Crippen molar-refractivity contribution in [3.8, 4) is 0 Å². The molecular formula is C9H22N2OSi. The van der Waals surface area contributed by atoms with Gasteiger partial charge in [0.15, 0.2) is 0 Å². The van der Waals surface area contributed by atoms with Crippen molar-refractivity contribution in [2.24, 2.45) is 0 Å². The van der Waals surface area contributed by atoms with Crippen molar-refractivity contribution < 1.29 is 4.43 Å². The standard InChI is InChI=1S/C9H22N2OSi/c1-8-9(2)12-13(7,10(3)4)11(5)6/h8H,1-7H3/b9-8-. The Morgan fingerprint density at radius 2 is 1.54 bits per heavy atom. The molecule has 0 spiro atoms. The van der Waals surface area contributed by atoms with Crippen molar-refractivity contribution in [1.29, 1.82) is 0 Å². The topological polar surface area (TPSA) is 15.7 Å². The molecule has 0 heterocycles. The molecule has 0 radical (unpaired) electrons. The minimum atomic E-state index is -1.89. The van der Waals surface area contributed by atoms with Gasteiger partial charge in [0.05, 0.1) is 5.76 Å². The molecule has 0 N–H and O–H groups in total. The van der Waals surface area contributed by atoms with Crippen LogP contribution in [0.1, 0.15) is 13.8 Å². The summed E-state index contributed by atoms with van der Waals surface area (Å²) in [6, 6.07) is 0. The molecule has 0 fully saturated rings. The summed E-state index contributed by atoms with van der Waals surface area (Å²) in [5, 5.41) is 0. The van der Waals surface area contributed by atoms with Gasteiger partial charge in [-0.25, -0.2) is 0 Å². The first kappa shape index (κ1) is 12.7. The lowest BCUT2D eigenvalue weighted by Gasteiger charge is -2.38. The Labute approximate surface area is 83.3 Å². The van der Waals surface area contributed by atoms with Gasteiger partial charge in [0.25, 0.3) is 0 Å². The van der Waals surface area contributed by atoms with Gasteiger partial charge >= 0.3 is 8.64 Å².